The van der Waals surface area contributed by atoms with Gasteiger partial charge in [-0.3, -0.25) is 9.69 Å². The lowest BCUT2D eigenvalue weighted by Crippen LogP contribution is -2.41. The molecule has 6 nitrogen and oxygen atoms in total. The van der Waals surface area contributed by atoms with Gasteiger partial charge >= 0.3 is 0 Å². The molecule has 0 aromatic heterocycles. The van der Waals surface area contributed by atoms with Crippen LogP contribution in [0.1, 0.15) is 6.42 Å². The Hall–Kier alpha value is -1.79. The van der Waals surface area contributed by atoms with Crippen LogP contribution in [0.2, 0.25) is 0 Å². The van der Waals surface area contributed by atoms with Crippen molar-refractivity contribution in [2.24, 2.45) is 0 Å². The number of morpholine rings is 1. The summed E-state index contributed by atoms with van der Waals surface area (Å²) in [6.07, 6.45) is 0.446. The molecule has 1 aromatic rings. The fourth-order valence-corrected chi connectivity index (χ4v) is 2.37. The third-order valence-corrected chi connectivity index (χ3v) is 3.63. The van der Waals surface area contributed by atoms with Gasteiger partial charge in [0.1, 0.15) is 5.75 Å². The first kappa shape index (κ1) is 16.6. The van der Waals surface area contributed by atoms with Crippen LogP contribution in [0, 0.1) is 0 Å². The summed E-state index contributed by atoms with van der Waals surface area (Å²) in [5, 5.41) is 6.17. The van der Waals surface area contributed by atoms with Gasteiger partial charge in [-0.05, 0) is 12.1 Å². The number of carbonyl (C=O) groups is 1. The molecule has 1 aromatic carbocycles. The Morgan fingerprint density at radius 2 is 2.05 bits per heavy atom. The third-order valence-electron chi connectivity index (χ3n) is 3.63. The van der Waals surface area contributed by atoms with Crippen LogP contribution in [0.3, 0.4) is 0 Å². The lowest BCUT2D eigenvalue weighted by molar-refractivity contribution is -0.120. The summed E-state index contributed by atoms with van der Waals surface area (Å²) >= 11 is 0. The summed E-state index contributed by atoms with van der Waals surface area (Å²) in [6, 6.07) is 7.69. The van der Waals surface area contributed by atoms with Gasteiger partial charge in [0, 0.05) is 39.1 Å². The van der Waals surface area contributed by atoms with Crippen LogP contribution in [-0.4, -0.2) is 63.9 Å². The summed E-state index contributed by atoms with van der Waals surface area (Å²) in [5.41, 5.74) is 0.908. The number of nitrogens with one attached hydrogen (secondary N) is 2. The predicted octanol–water partition coefficient (Wildman–Crippen LogP) is 0.946. The van der Waals surface area contributed by atoms with Crippen molar-refractivity contribution < 1.29 is 14.3 Å². The van der Waals surface area contributed by atoms with Crippen molar-refractivity contribution in [2.45, 2.75) is 6.42 Å². The number of rotatable bonds is 8. The van der Waals surface area contributed by atoms with E-state index in [2.05, 4.69) is 15.5 Å². The molecule has 0 spiro atoms. The number of amides is 1. The largest absolute Gasteiger partial charge is 0.495 e. The smallest absolute Gasteiger partial charge is 0.221 e. The predicted molar refractivity (Wildman–Crippen MR) is 86.4 cm³/mol. The summed E-state index contributed by atoms with van der Waals surface area (Å²) in [6.45, 7) is 5.64. The van der Waals surface area contributed by atoms with Gasteiger partial charge in [-0.15, -0.1) is 0 Å². The lowest BCUT2D eigenvalue weighted by Gasteiger charge is -2.26. The van der Waals surface area contributed by atoms with Gasteiger partial charge < -0.3 is 20.1 Å². The van der Waals surface area contributed by atoms with Crippen molar-refractivity contribution in [3.05, 3.63) is 24.3 Å². The average Bonchev–Trinajstić information content (AvgIpc) is 2.56. The minimum Gasteiger partial charge on any atom is -0.495 e. The highest BCUT2D eigenvalue weighted by Crippen LogP contribution is 2.22. The second-order valence-electron chi connectivity index (χ2n) is 5.18. The Kier molecular flexibility index (Phi) is 6.99. The molecule has 2 N–H and O–H groups in total. The Balaban J connectivity index is 1.59. The maximum atomic E-state index is 11.8. The van der Waals surface area contributed by atoms with Crippen LogP contribution < -0.4 is 15.4 Å². The molecule has 2 rings (SSSR count). The number of hydrogen-bond donors (Lipinski definition) is 2. The molecule has 0 aliphatic carbocycles. The molecule has 1 amide bonds. The highest BCUT2D eigenvalue weighted by molar-refractivity contribution is 5.76. The van der Waals surface area contributed by atoms with Crippen molar-refractivity contribution in [3.63, 3.8) is 0 Å². The molecule has 122 valence electrons. The SMILES string of the molecule is COc1ccccc1NCCC(=O)NCCN1CCOCC1. The first-order chi connectivity index (χ1) is 10.8. The fourth-order valence-electron chi connectivity index (χ4n) is 2.37. The Morgan fingerprint density at radius 3 is 2.82 bits per heavy atom. The number of methoxy groups -OCH3 is 1. The molecule has 1 aliphatic rings. The number of hydrogen-bond acceptors (Lipinski definition) is 5. The normalized spacial score (nSPS) is 15.3. The molecule has 0 atom stereocenters. The van der Waals surface area contributed by atoms with Crippen molar-refractivity contribution in [2.75, 3.05) is 58.4 Å². The van der Waals surface area contributed by atoms with E-state index in [9.17, 15) is 4.79 Å². The second-order valence-corrected chi connectivity index (χ2v) is 5.18. The maximum Gasteiger partial charge on any atom is 0.221 e. The zero-order valence-corrected chi connectivity index (χ0v) is 13.1. The van der Waals surface area contributed by atoms with E-state index >= 15 is 0 Å². The van der Waals surface area contributed by atoms with Crippen LogP contribution in [-0.2, 0) is 9.53 Å². The monoisotopic (exact) mass is 307 g/mol. The Labute approximate surface area is 131 Å². The zero-order valence-electron chi connectivity index (χ0n) is 13.1. The molecule has 1 aliphatic heterocycles. The molecular weight excluding hydrogens is 282 g/mol. The summed E-state index contributed by atoms with van der Waals surface area (Å²) < 4.78 is 10.5. The fraction of sp³-hybridized carbons (Fsp3) is 0.562. The third kappa shape index (κ3) is 5.54. The van der Waals surface area contributed by atoms with Gasteiger partial charge in [0.15, 0.2) is 0 Å². The Morgan fingerprint density at radius 1 is 1.27 bits per heavy atom. The van der Waals surface area contributed by atoms with E-state index < -0.39 is 0 Å². The first-order valence-electron chi connectivity index (χ1n) is 7.73. The van der Waals surface area contributed by atoms with E-state index in [4.69, 9.17) is 9.47 Å². The second kappa shape index (κ2) is 9.27. The molecule has 1 fully saturated rings. The van der Waals surface area contributed by atoms with Crippen molar-refractivity contribution in [1.29, 1.82) is 0 Å². The van der Waals surface area contributed by atoms with Gasteiger partial charge in [0.05, 0.1) is 26.0 Å². The number of nitrogens with zero attached hydrogens (tertiary/aromatic N) is 1. The number of carbonyl (C=O) groups excluding carboxylic acids is 1. The lowest BCUT2D eigenvalue weighted by atomic mass is 10.3. The van der Waals surface area contributed by atoms with E-state index in [1.165, 1.54) is 0 Å². The molecule has 1 saturated heterocycles. The topological polar surface area (TPSA) is 62.8 Å². The molecule has 0 saturated carbocycles. The summed E-state index contributed by atoms with van der Waals surface area (Å²) in [7, 11) is 1.64. The number of benzene rings is 1. The van der Waals surface area contributed by atoms with E-state index in [-0.39, 0.29) is 5.91 Å². The maximum absolute atomic E-state index is 11.8. The minimum atomic E-state index is 0.0654. The summed E-state index contributed by atoms with van der Waals surface area (Å²) in [4.78, 5) is 14.1. The highest BCUT2D eigenvalue weighted by Gasteiger charge is 2.10. The molecule has 22 heavy (non-hydrogen) atoms. The van der Waals surface area contributed by atoms with Crippen LogP contribution in [0.25, 0.3) is 0 Å². The first-order valence-corrected chi connectivity index (χ1v) is 7.73. The van der Waals surface area contributed by atoms with E-state index in [0.717, 1.165) is 44.3 Å². The van der Waals surface area contributed by atoms with Crippen LogP contribution >= 0.6 is 0 Å². The van der Waals surface area contributed by atoms with Crippen LogP contribution in [0.5, 0.6) is 5.75 Å². The zero-order chi connectivity index (χ0) is 15.6. The molecule has 1 heterocycles. The van der Waals surface area contributed by atoms with E-state index in [1.807, 2.05) is 24.3 Å². The number of anilines is 1. The Bertz CT molecular complexity index is 462. The van der Waals surface area contributed by atoms with E-state index in [0.29, 0.717) is 19.5 Å². The van der Waals surface area contributed by atoms with Crippen LogP contribution in [0.4, 0.5) is 5.69 Å². The van der Waals surface area contributed by atoms with Gasteiger partial charge in [-0.25, -0.2) is 0 Å². The van der Waals surface area contributed by atoms with Gasteiger partial charge in [-0.1, -0.05) is 12.1 Å². The van der Waals surface area contributed by atoms with Gasteiger partial charge in [-0.2, -0.15) is 0 Å². The highest BCUT2D eigenvalue weighted by atomic mass is 16.5. The molecular formula is C16H25N3O3. The van der Waals surface area contributed by atoms with Crippen molar-refractivity contribution in [1.82, 2.24) is 10.2 Å². The quantitative estimate of drug-likeness (QED) is 0.748. The molecule has 0 unspecified atom stereocenters. The van der Waals surface area contributed by atoms with Gasteiger partial charge in [0.2, 0.25) is 5.91 Å². The van der Waals surface area contributed by atoms with Crippen molar-refractivity contribution >= 4 is 11.6 Å². The van der Waals surface area contributed by atoms with Crippen molar-refractivity contribution in [3.8, 4) is 5.75 Å². The number of para-hydroxylation sites is 2. The van der Waals surface area contributed by atoms with Gasteiger partial charge in [0.25, 0.3) is 0 Å². The molecule has 0 radical (unpaired) electrons. The average molecular weight is 307 g/mol. The summed E-state index contributed by atoms with van der Waals surface area (Å²) in [5.74, 6) is 0.853. The standard InChI is InChI=1S/C16H25N3O3/c1-21-15-5-3-2-4-14(15)17-7-6-16(20)18-8-9-19-10-12-22-13-11-19/h2-5,17H,6-13H2,1H3,(H,18,20). The molecule has 0 bridgehead atoms. The van der Waals surface area contributed by atoms with E-state index in [1.54, 1.807) is 7.11 Å². The number of ether oxygens (including phenoxy) is 2. The minimum absolute atomic E-state index is 0.0654. The molecule has 6 heteroatoms. The van der Waals surface area contributed by atoms with Crippen LogP contribution in [0.15, 0.2) is 24.3 Å².